The summed E-state index contributed by atoms with van der Waals surface area (Å²) in [7, 11) is 0. The maximum Gasteiger partial charge on any atom is 0.320 e. The molecule has 0 aromatic carbocycles. The SMILES string of the molecule is CCN.O=C(O)C1CCCN1. The molecule has 0 bridgehead atoms. The average molecular weight is 160 g/mol. The van der Waals surface area contributed by atoms with E-state index in [-0.39, 0.29) is 6.04 Å². The Kier molecular flexibility index (Phi) is 5.78. The third-order valence-electron chi connectivity index (χ3n) is 1.36. The minimum Gasteiger partial charge on any atom is -0.480 e. The monoisotopic (exact) mass is 160 g/mol. The van der Waals surface area contributed by atoms with Crippen molar-refractivity contribution in [1.82, 2.24) is 5.32 Å². The van der Waals surface area contributed by atoms with Crippen molar-refractivity contribution in [3.05, 3.63) is 0 Å². The summed E-state index contributed by atoms with van der Waals surface area (Å²) in [4.78, 5) is 10.1. The highest BCUT2D eigenvalue weighted by molar-refractivity contribution is 5.73. The van der Waals surface area contributed by atoms with Crippen LogP contribution in [-0.4, -0.2) is 30.2 Å². The highest BCUT2D eigenvalue weighted by Gasteiger charge is 2.20. The number of nitrogens with two attached hydrogens (primary N) is 1. The third-order valence-corrected chi connectivity index (χ3v) is 1.36. The van der Waals surface area contributed by atoms with Gasteiger partial charge in [0.05, 0.1) is 0 Å². The Labute approximate surface area is 66.8 Å². The van der Waals surface area contributed by atoms with Crippen LogP contribution in [-0.2, 0) is 4.79 Å². The first-order chi connectivity index (χ1) is 5.22. The van der Waals surface area contributed by atoms with Gasteiger partial charge in [0.25, 0.3) is 0 Å². The number of aliphatic carboxylic acids is 1. The molecule has 4 N–H and O–H groups in total. The van der Waals surface area contributed by atoms with E-state index in [0.717, 1.165) is 25.9 Å². The molecule has 1 heterocycles. The van der Waals surface area contributed by atoms with E-state index >= 15 is 0 Å². The van der Waals surface area contributed by atoms with Crippen molar-refractivity contribution in [3.8, 4) is 0 Å². The van der Waals surface area contributed by atoms with Crippen molar-refractivity contribution in [2.75, 3.05) is 13.1 Å². The fraction of sp³-hybridized carbons (Fsp3) is 0.857. The minimum absolute atomic E-state index is 0.269. The highest BCUT2D eigenvalue weighted by Crippen LogP contribution is 2.03. The Morgan fingerprint density at radius 1 is 1.82 bits per heavy atom. The zero-order valence-corrected chi connectivity index (χ0v) is 6.84. The predicted molar refractivity (Wildman–Crippen MR) is 43.4 cm³/mol. The summed E-state index contributed by atoms with van der Waals surface area (Å²) in [5, 5.41) is 11.2. The van der Waals surface area contributed by atoms with Gasteiger partial charge in [-0.05, 0) is 25.9 Å². The predicted octanol–water partition coefficient (Wildman–Crippen LogP) is -0.212. The molecule has 0 aromatic rings. The van der Waals surface area contributed by atoms with Crippen LogP contribution >= 0.6 is 0 Å². The zero-order chi connectivity index (χ0) is 8.69. The summed E-state index contributed by atoms with van der Waals surface area (Å²) in [6, 6.07) is -0.269. The van der Waals surface area contributed by atoms with E-state index < -0.39 is 5.97 Å². The van der Waals surface area contributed by atoms with Gasteiger partial charge in [-0.15, -0.1) is 0 Å². The topological polar surface area (TPSA) is 75.4 Å². The summed E-state index contributed by atoms with van der Waals surface area (Å²) in [6.07, 6.45) is 1.78. The quantitative estimate of drug-likeness (QED) is 0.496. The molecule has 1 aliphatic rings. The lowest BCUT2D eigenvalue weighted by Crippen LogP contribution is -2.29. The van der Waals surface area contributed by atoms with E-state index in [0.29, 0.717) is 0 Å². The number of carboxylic acids is 1. The van der Waals surface area contributed by atoms with Crippen molar-refractivity contribution in [2.45, 2.75) is 25.8 Å². The summed E-state index contributed by atoms with van der Waals surface area (Å²) in [5.74, 6) is -0.720. The fourth-order valence-corrected chi connectivity index (χ4v) is 0.895. The number of rotatable bonds is 1. The summed E-state index contributed by atoms with van der Waals surface area (Å²) >= 11 is 0. The lowest BCUT2D eigenvalue weighted by molar-refractivity contribution is -0.139. The first-order valence-electron chi connectivity index (χ1n) is 3.88. The van der Waals surface area contributed by atoms with E-state index in [1.807, 2.05) is 6.92 Å². The van der Waals surface area contributed by atoms with Crippen LogP contribution in [0.25, 0.3) is 0 Å². The van der Waals surface area contributed by atoms with Gasteiger partial charge in [0.1, 0.15) is 6.04 Å². The van der Waals surface area contributed by atoms with Crippen molar-refractivity contribution >= 4 is 5.97 Å². The fourth-order valence-electron chi connectivity index (χ4n) is 0.895. The van der Waals surface area contributed by atoms with Crippen molar-refractivity contribution in [1.29, 1.82) is 0 Å². The lowest BCUT2D eigenvalue weighted by atomic mass is 10.2. The van der Waals surface area contributed by atoms with Gasteiger partial charge in [-0.3, -0.25) is 4.79 Å². The maximum absolute atomic E-state index is 10.1. The molecule has 1 fully saturated rings. The number of hydrogen-bond acceptors (Lipinski definition) is 3. The van der Waals surface area contributed by atoms with Crippen LogP contribution in [0.15, 0.2) is 0 Å². The lowest BCUT2D eigenvalue weighted by Gasteiger charge is -1.99. The standard InChI is InChI=1S/C5H9NO2.C2H7N/c7-5(8)4-2-1-3-6-4;1-2-3/h4,6H,1-3H2,(H,7,8);2-3H2,1H3. The molecule has 1 aliphatic heterocycles. The van der Waals surface area contributed by atoms with Crippen LogP contribution in [0, 0.1) is 0 Å². The molecule has 0 aliphatic carbocycles. The Morgan fingerprint density at radius 3 is 2.55 bits per heavy atom. The Morgan fingerprint density at radius 2 is 2.36 bits per heavy atom. The molecule has 0 spiro atoms. The number of carbonyl (C=O) groups is 1. The van der Waals surface area contributed by atoms with Crippen molar-refractivity contribution in [2.24, 2.45) is 5.73 Å². The maximum atomic E-state index is 10.1. The van der Waals surface area contributed by atoms with Crippen LogP contribution in [0.2, 0.25) is 0 Å². The minimum atomic E-state index is -0.720. The van der Waals surface area contributed by atoms with E-state index in [1.54, 1.807) is 0 Å². The largest absolute Gasteiger partial charge is 0.480 e. The summed E-state index contributed by atoms with van der Waals surface area (Å²) in [5.41, 5.74) is 4.85. The zero-order valence-electron chi connectivity index (χ0n) is 6.84. The van der Waals surface area contributed by atoms with Gasteiger partial charge >= 0.3 is 5.97 Å². The molecule has 1 rings (SSSR count). The molecule has 1 unspecified atom stereocenters. The molecule has 1 atom stereocenters. The molecule has 1 saturated heterocycles. The summed E-state index contributed by atoms with van der Waals surface area (Å²) < 4.78 is 0. The normalized spacial score (nSPS) is 22.2. The first kappa shape index (κ1) is 10.4. The van der Waals surface area contributed by atoms with Gasteiger partial charge in [0, 0.05) is 0 Å². The average Bonchev–Trinajstić information content (AvgIpc) is 2.38. The Bertz CT molecular complexity index is 111. The van der Waals surface area contributed by atoms with Gasteiger partial charge in [0.2, 0.25) is 0 Å². The van der Waals surface area contributed by atoms with Gasteiger partial charge in [-0.25, -0.2) is 0 Å². The van der Waals surface area contributed by atoms with Gasteiger partial charge in [0.15, 0.2) is 0 Å². The second-order valence-corrected chi connectivity index (χ2v) is 2.40. The molecule has 0 amide bonds. The van der Waals surface area contributed by atoms with E-state index in [9.17, 15) is 4.79 Å². The van der Waals surface area contributed by atoms with Crippen molar-refractivity contribution in [3.63, 3.8) is 0 Å². The van der Waals surface area contributed by atoms with Crippen molar-refractivity contribution < 1.29 is 9.90 Å². The highest BCUT2D eigenvalue weighted by atomic mass is 16.4. The molecule has 66 valence electrons. The van der Waals surface area contributed by atoms with Gasteiger partial charge < -0.3 is 16.2 Å². The Hall–Kier alpha value is -0.610. The van der Waals surface area contributed by atoms with Crippen LogP contribution in [0.5, 0.6) is 0 Å². The van der Waals surface area contributed by atoms with Gasteiger partial charge in [-0.1, -0.05) is 6.92 Å². The van der Waals surface area contributed by atoms with Crippen LogP contribution < -0.4 is 11.1 Å². The molecule has 4 heteroatoms. The molecular weight excluding hydrogens is 144 g/mol. The number of carboxylic acid groups (broad SMARTS) is 1. The van der Waals surface area contributed by atoms with Crippen LogP contribution in [0.1, 0.15) is 19.8 Å². The molecule has 11 heavy (non-hydrogen) atoms. The smallest absolute Gasteiger partial charge is 0.320 e. The third kappa shape index (κ3) is 4.75. The second-order valence-electron chi connectivity index (χ2n) is 2.40. The second kappa shape index (κ2) is 6.12. The molecule has 4 nitrogen and oxygen atoms in total. The van der Waals surface area contributed by atoms with Crippen LogP contribution in [0.4, 0.5) is 0 Å². The van der Waals surface area contributed by atoms with E-state index in [1.165, 1.54) is 0 Å². The molecular formula is C7H16N2O2. The Balaban J connectivity index is 0.000000292. The molecule has 0 radical (unpaired) electrons. The summed E-state index contributed by atoms with van der Waals surface area (Å²) in [6.45, 7) is 3.51. The van der Waals surface area contributed by atoms with Gasteiger partial charge in [-0.2, -0.15) is 0 Å². The molecule has 0 aromatic heterocycles. The van der Waals surface area contributed by atoms with Crippen LogP contribution in [0.3, 0.4) is 0 Å². The van der Waals surface area contributed by atoms with E-state index in [2.05, 4.69) is 5.32 Å². The van der Waals surface area contributed by atoms with E-state index in [4.69, 9.17) is 10.8 Å². The first-order valence-corrected chi connectivity index (χ1v) is 3.88. The number of nitrogens with one attached hydrogen (secondary N) is 1. The number of hydrogen-bond donors (Lipinski definition) is 3. The molecule has 0 saturated carbocycles.